The lowest BCUT2D eigenvalue weighted by Gasteiger charge is -2.35. The fourth-order valence-electron chi connectivity index (χ4n) is 7.03. The zero-order valence-electron chi connectivity index (χ0n) is 30.8. The third kappa shape index (κ3) is 14.7. The summed E-state index contributed by atoms with van der Waals surface area (Å²) in [5.41, 5.74) is 3.57. The molecule has 1 heterocycles. The first kappa shape index (κ1) is 40.4. The molecule has 50 heavy (non-hydrogen) atoms. The van der Waals surface area contributed by atoms with Crippen LogP contribution in [0.25, 0.3) is 22.3 Å². The van der Waals surface area contributed by atoms with Gasteiger partial charge in [-0.05, 0) is 54.7 Å². The van der Waals surface area contributed by atoms with Crippen LogP contribution in [0.3, 0.4) is 0 Å². The molecule has 0 aromatic heterocycles. The molecular formula is C45H62FNOS2. The third-order valence-electron chi connectivity index (χ3n) is 10.2. The number of ether oxygens (including phenoxy) is 1. The zero-order chi connectivity index (χ0) is 35.1. The summed E-state index contributed by atoms with van der Waals surface area (Å²) >= 11 is 0. The lowest BCUT2D eigenvalue weighted by Crippen LogP contribution is -2.26. The molecule has 2 unspecified atom stereocenters. The number of benzene rings is 3. The summed E-state index contributed by atoms with van der Waals surface area (Å²) in [4.78, 5) is 0. The molecule has 1 aliphatic rings. The number of unbranched alkanes of at least 4 members (excludes halogenated alkanes) is 18. The molecule has 0 spiro atoms. The third-order valence-corrected chi connectivity index (χ3v) is 13.9. The molecule has 0 N–H and O–H groups in total. The van der Waals surface area contributed by atoms with Gasteiger partial charge in [0.2, 0.25) is 0 Å². The van der Waals surface area contributed by atoms with Gasteiger partial charge in [0, 0.05) is 21.6 Å². The van der Waals surface area contributed by atoms with Crippen LogP contribution in [0.15, 0.2) is 66.7 Å². The van der Waals surface area contributed by atoms with E-state index in [1.807, 2.05) is 36.4 Å². The smallest absolute Gasteiger partial charge is 0.131 e. The monoisotopic (exact) mass is 715 g/mol. The number of nitriles is 1. The number of hydrogen-bond donors (Lipinski definition) is 0. The van der Waals surface area contributed by atoms with Gasteiger partial charge < -0.3 is 4.74 Å². The van der Waals surface area contributed by atoms with Crippen LogP contribution in [0.4, 0.5) is 4.39 Å². The van der Waals surface area contributed by atoms with E-state index in [9.17, 15) is 0 Å². The highest BCUT2D eigenvalue weighted by Crippen LogP contribution is 2.51. The van der Waals surface area contributed by atoms with E-state index < -0.39 is 0 Å². The fraction of sp³-hybridized carbons (Fsp3) is 0.578. The molecule has 1 aliphatic heterocycles. The van der Waals surface area contributed by atoms with Gasteiger partial charge in [-0.25, -0.2) is 4.39 Å². The van der Waals surface area contributed by atoms with E-state index in [0.717, 1.165) is 39.4 Å². The van der Waals surface area contributed by atoms with Gasteiger partial charge in [-0.1, -0.05) is 193 Å². The van der Waals surface area contributed by atoms with E-state index in [2.05, 4.69) is 34.6 Å². The summed E-state index contributed by atoms with van der Waals surface area (Å²) in [5, 5.41) is 10.9. The van der Waals surface area contributed by atoms with Crippen LogP contribution in [0.1, 0.15) is 154 Å². The van der Waals surface area contributed by atoms with Gasteiger partial charge >= 0.3 is 0 Å². The van der Waals surface area contributed by atoms with Gasteiger partial charge in [-0.15, -0.1) is 0 Å². The van der Waals surface area contributed by atoms with Gasteiger partial charge in [-0.2, -0.15) is 5.26 Å². The second-order valence-corrected chi connectivity index (χ2v) is 17.0. The highest BCUT2D eigenvalue weighted by Gasteiger charge is 2.31. The van der Waals surface area contributed by atoms with Crippen LogP contribution in [-0.2, 0) is 0 Å². The van der Waals surface area contributed by atoms with Crippen molar-refractivity contribution in [1.29, 1.82) is 5.26 Å². The molecular weight excluding hydrogens is 654 g/mol. The van der Waals surface area contributed by atoms with Crippen molar-refractivity contribution < 1.29 is 9.13 Å². The maximum atomic E-state index is 15.1. The average Bonchev–Trinajstić information content (AvgIpc) is 3.13. The topological polar surface area (TPSA) is 33.0 Å². The molecule has 1 fully saturated rings. The highest BCUT2D eigenvalue weighted by atomic mass is 33.1. The zero-order valence-corrected chi connectivity index (χ0v) is 32.5. The Morgan fingerprint density at radius 2 is 1.08 bits per heavy atom. The molecule has 2 atom stereocenters. The Morgan fingerprint density at radius 3 is 1.60 bits per heavy atom. The molecule has 0 aliphatic carbocycles. The summed E-state index contributed by atoms with van der Waals surface area (Å²) in [6, 6.07) is 22.4. The summed E-state index contributed by atoms with van der Waals surface area (Å²) in [5.74, 6) is 0.523. The Hall–Kier alpha value is -2.42. The Kier molecular flexibility index (Phi) is 19.9. The SMILES string of the molecule is CCCCCCCCCCCCC1SSC1CCCCCCCCCCCCOc1ccccc1-c1ccc(-c2ccc(C#N)cc2)c(F)c1. The van der Waals surface area contributed by atoms with Gasteiger partial charge in [0.15, 0.2) is 0 Å². The number of nitrogens with zero attached hydrogens (tertiary/aromatic N) is 1. The van der Waals surface area contributed by atoms with Crippen molar-refractivity contribution in [3.8, 4) is 34.1 Å². The van der Waals surface area contributed by atoms with Gasteiger partial charge in [0.25, 0.3) is 0 Å². The molecule has 0 bridgehead atoms. The first-order chi connectivity index (χ1) is 24.7. The number of halogens is 1. The predicted molar refractivity (Wildman–Crippen MR) is 217 cm³/mol. The number of hydrogen-bond acceptors (Lipinski definition) is 4. The van der Waals surface area contributed by atoms with Gasteiger partial charge in [-0.3, -0.25) is 0 Å². The second-order valence-electron chi connectivity index (χ2n) is 14.3. The fourth-order valence-corrected chi connectivity index (χ4v) is 10.1. The normalized spacial score (nSPS) is 15.5. The number of rotatable bonds is 27. The van der Waals surface area contributed by atoms with Crippen LogP contribution in [0.5, 0.6) is 5.75 Å². The van der Waals surface area contributed by atoms with E-state index in [1.54, 1.807) is 30.3 Å². The van der Waals surface area contributed by atoms with Crippen molar-refractivity contribution in [2.24, 2.45) is 0 Å². The number of para-hydroxylation sites is 1. The second kappa shape index (κ2) is 24.7. The van der Waals surface area contributed by atoms with Crippen LogP contribution < -0.4 is 4.74 Å². The lowest BCUT2D eigenvalue weighted by atomic mass is 9.98. The Bertz CT molecular complexity index is 1390. The van der Waals surface area contributed by atoms with Crippen molar-refractivity contribution in [1.82, 2.24) is 0 Å². The predicted octanol–water partition coefficient (Wildman–Crippen LogP) is 15.1. The molecule has 3 aromatic carbocycles. The van der Waals surface area contributed by atoms with E-state index in [0.29, 0.717) is 17.7 Å². The largest absolute Gasteiger partial charge is 0.493 e. The maximum Gasteiger partial charge on any atom is 0.131 e. The van der Waals surface area contributed by atoms with Crippen molar-refractivity contribution in [3.05, 3.63) is 78.1 Å². The Labute approximate surface area is 312 Å². The summed E-state index contributed by atoms with van der Waals surface area (Å²) in [6.45, 7) is 2.98. The van der Waals surface area contributed by atoms with Crippen molar-refractivity contribution in [2.75, 3.05) is 6.61 Å². The minimum absolute atomic E-state index is 0.280. The van der Waals surface area contributed by atoms with Crippen LogP contribution in [-0.4, -0.2) is 17.1 Å². The molecule has 0 radical (unpaired) electrons. The molecule has 0 amide bonds. The Morgan fingerprint density at radius 1 is 0.580 bits per heavy atom. The quantitative estimate of drug-likeness (QED) is 0.0581. The van der Waals surface area contributed by atoms with E-state index >= 15 is 4.39 Å². The first-order valence-electron chi connectivity index (χ1n) is 20.0. The lowest BCUT2D eigenvalue weighted by molar-refractivity contribution is 0.305. The molecule has 1 saturated heterocycles. The molecule has 272 valence electrons. The molecule has 0 saturated carbocycles. The van der Waals surface area contributed by atoms with Crippen molar-refractivity contribution in [2.45, 2.75) is 159 Å². The minimum atomic E-state index is -0.280. The standard InChI is InChI=1S/C45H62FNOS2/c1-2-3-4-5-6-7-10-13-16-19-26-44-45(50-49-44)27-20-17-14-11-8-9-12-15-18-23-34-48-43-25-22-21-24-41(43)39-32-33-40(42(46)35-39)38-30-28-37(36-47)29-31-38/h21-22,24-25,28-33,35,44-45H,2-20,23,26-27,34H2,1H3. The highest BCUT2D eigenvalue weighted by molar-refractivity contribution is 8.80. The van der Waals surface area contributed by atoms with E-state index in [4.69, 9.17) is 10.00 Å². The summed E-state index contributed by atoms with van der Waals surface area (Å²) < 4.78 is 21.3. The molecule has 2 nitrogen and oxygen atoms in total. The minimum Gasteiger partial charge on any atom is -0.493 e. The van der Waals surface area contributed by atoms with Gasteiger partial charge in [0.1, 0.15) is 11.6 Å². The average molecular weight is 716 g/mol. The molecule has 4 rings (SSSR count). The summed E-state index contributed by atoms with van der Waals surface area (Å²) in [7, 11) is 4.33. The van der Waals surface area contributed by atoms with E-state index in [1.165, 1.54) is 135 Å². The van der Waals surface area contributed by atoms with Crippen LogP contribution >= 0.6 is 21.6 Å². The van der Waals surface area contributed by atoms with E-state index in [-0.39, 0.29) is 5.82 Å². The Balaban J connectivity index is 0.973. The maximum absolute atomic E-state index is 15.1. The van der Waals surface area contributed by atoms with Crippen molar-refractivity contribution in [3.63, 3.8) is 0 Å². The summed E-state index contributed by atoms with van der Waals surface area (Å²) in [6.07, 6.45) is 30.5. The van der Waals surface area contributed by atoms with Crippen molar-refractivity contribution >= 4 is 21.6 Å². The van der Waals surface area contributed by atoms with Gasteiger partial charge in [0.05, 0.1) is 18.2 Å². The van der Waals surface area contributed by atoms with Crippen LogP contribution in [0.2, 0.25) is 0 Å². The first-order valence-corrected chi connectivity index (χ1v) is 22.3. The molecule has 5 heteroatoms. The van der Waals surface area contributed by atoms with Crippen LogP contribution in [0, 0.1) is 17.1 Å². The molecule has 3 aromatic rings.